The SMILES string of the molecule is COC(=O)OP(OC)Oc1cccc2c1ccc1ccccc12. The van der Waals surface area contributed by atoms with Gasteiger partial charge in [0, 0.05) is 12.5 Å². The summed E-state index contributed by atoms with van der Waals surface area (Å²) in [5.41, 5.74) is 0. The molecule has 0 saturated heterocycles. The van der Waals surface area contributed by atoms with Crippen LogP contribution in [0.4, 0.5) is 4.79 Å². The molecule has 3 rings (SSSR count). The van der Waals surface area contributed by atoms with E-state index in [1.165, 1.54) is 14.2 Å². The average Bonchev–Trinajstić information content (AvgIpc) is 2.60. The van der Waals surface area contributed by atoms with E-state index in [9.17, 15) is 4.79 Å². The number of hydrogen-bond donors (Lipinski definition) is 0. The molecule has 0 bridgehead atoms. The summed E-state index contributed by atoms with van der Waals surface area (Å²) in [4.78, 5) is 11.2. The second-order valence-electron chi connectivity index (χ2n) is 4.68. The van der Waals surface area contributed by atoms with Crippen molar-refractivity contribution in [1.29, 1.82) is 0 Å². The first-order chi connectivity index (χ1) is 11.2. The van der Waals surface area contributed by atoms with Gasteiger partial charge < -0.3 is 13.8 Å². The van der Waals surface area contributed by atoms with Gasteiger partial charge in [-0.15, -0.1) is 0 Å². The minimum Gasteiger partial charge on any atom is -0.437 e. The second-order valence-corrected chi connectivity index (χ2v) is 5.86. The fraction of sp³-hybridized carbons (Fsp3) is 0.118. The van der Waals surface area contributed by atoms with Gasteiger partial charge in [-0.3, -0.25) is 4.52 Å². The van der Waals surface area contributed by atoms with E-state index in [0.29, 0.717) is 5.75 Å². The third-order valence-electron chi connectivity index (χ3n) is 3.38. The van der Waals surface area contributed by atoms with Crippen molar-refractivity contribution in [2.45, 2.75) is 0 Å². The molecule has 0 aliphatic carbocycles. The van der Waals surface area contributed by atoms with Crippen molar-refractivity contribution in [2.24, 2.45) is 0 Å². The molecule has 0 spiro atoms. The largest absolute Gasteiger partial charge is 0.514 e. The van der Waals surface area contributed by atoms with Crippen molar-refractivity contribution >= 4 is 36.3 Å². The lowest BCUT2D eigenvalue weighted by Gasteiger charge is -2.15. The van der Waals surface area contributed by atoms with Crippen LogP contribution in [0.3, 0.4) is 0 Å². The topological polar surface area (TPSA) is 54.0 Å². The third kappa shape index (κ3) is 3.21. The lowest BCUT2D eigenvalue weighted by atomic mass is 10.0. The lowest BCUT2D eigenvalue weighted by molar-refractivity contribution is 0.114. The molecule has 23 heavy (non-hydrogen) atoms. The average molecular weight is 330 g/mol. The molecule has 1 atom stereocenters. The summed E-state index contributed by atoms with van der Waals surface area (Å²) in [6.45, 7) is 0. The van der Waals surface area contributed by atoms with Crippen molar-refractivity contribution in [3.63, 3.8) is 0 Å². The second kappa shape index (κ2) is 6.82. The highest BCUT2D eigenvalue weighted by Gasteiger charge is 2.20. The monoisotopic (exact) mass is 330 g/mol. The lowest BCUT2D eigenvalue weighted by Crippen LogP contribution is -2.04. The molecule has 0 aliphatic heterocycles. The summed E-state index contributed by atoms with van der Waals surface area (Å²) >= 11 is 0. The molecule has 6 heteroatoms. The van der Waals surface area contributed by atoms with E-state index in [-0.39, 0.29) is 0 Å². The molecule has 0 aliphatic rings. The van der Waals surface area contributed by atoms with Gasteiger partial charge >= 0.3 is 14.8 Å². The molecular weight excluding hydrogens is 315 g/mol. The number of carbonyl (C=O) groups is 1. The Morgan fingerprint density at radius 3 is 2.43 bits per heavy atom. The summed E-state index contributed by atoms with van der Waals surface area (Å²) in [6.07, 6.45) is -0.844. The van der Waals surface area contributed by atoms with Crippen LogP contribution in [0.1, 0.15) is 0 Å². The molecule has 3 aromatic carbocycles. The standard InChI is InChI=1S/C17H15O5P/c1-19-17(18)22-23(20-2)21-16-9-5-8-14-13-7-4-3-6-12(13)10-11-15(14)16/h3-11H,1-2H3. The Bertz CT molecular complexity index is 849. The normalized spacial score (nSPS) is 12.1. The van der Waals surface area contributed by atoms with Crippen molar-refractivity contribution in [3.8, 4) is 5.75 Å². The van der Waals surface area contributed by atoms with Crippen LogP contribution in [-0.4, -0.2) is 20.4 Å². The van der Waals surface area contributed by atoms with Gasteiger partial charge in [0.25, 0.3) is 0 Å². The predicted octanol–water partition coefficient (Wildman–Crippen LogP) is 5.03. The maximum atomic E-state index is 11.2. The molecular formula is C17H15O5P. The fourth-order valence-electron chi connectivity index (χ4n) is 2.36. The maximum Gasteiger partial charge on any atom is 0.514 e. The smallest absolute Gasteiger partial charge is 0.437 e. The van der Waals surface area contributed by atoms with Crippen LogP contribution in [-0.2, 0) is 13.8 Å². The number of fused-ring (bicyclic) bond motifs is 3. The highest BCUT2D eigenvalue weighted by molar-refractivity contribution is 7.42. The summed E-state index contributed by atoms with van der Waals surface area (Å²) in [7, 11) is 0.773. The molecule has 0 amide bonds. The summed E-state index contributed by atoms with van der Waals surface area (Å²) in [5, 5.41) is 4.26. The number of carbonyl (C=O) groups excluding carboxylic acids is 1. The van der Waals surface area contributed by atoms with Crippen LogP contribution >= 0.6 is 8.60 Å². The Morgan fingerprint density at radius 2 is 1.65 bits per heavy atom. The predicted molar refractivity (Wildman–Crippen MR) is 89.5 cm³/mol. The fourth-order valence-corrected chi connectivity index (χ4v) is 3.07. The minimum absolute atomic E-state index is 0.588. The Morgan fingerprint density at radius 1 is 0.870 bits per heavy atom. The van der Waals surface area contributed by atoms with Crippen LogP contribution < -0.4 is 4.52 Å². The zero-order valence-electron chi connectivity index (χ0n) is 12.7. The van der Waals surface area contributed by atoms with Gasteiger partial charge in [0.05, 0.1) is 7.11 Å². The Hall–Kier alpha value is -2.36. The zero-order valence-corrected chi connectivity index (χ0v) is 13.6. The molecule has 0 radical (unpaired) electrons. The molecule has 3 aromatic rings. The number of hydrogen-bond acceptors (Lipinski definition) is 5. The molecule has 0 fully saturated rings. The van der Waals surface area contributed by atoms with Gasteiger partial charge in [0.2, 0.25) is 0 Å². The van der Waals surface area contributed by atoms with Crippen LogP contribution in [0.15, 0.2) is 54.6 Å². The van der Waals surface area contributed by atoms with Gasteiger partial charge in [0.1, 0.15) is 5.75 Å². The Labute approximate surface area is 134 Å². The van der Waals surface area contributed by atoms with E-state index in [0.717, 1.165) is 21.5 Å². The van der Waals surface area contributed by atoms with Crippen molar-refractivity contribution in [2.75, 3.05) is 14.2 Å². The minimum atomic E-state index is -1.87. The van der Waals surface area contributed by atoms with Gasteiger partial charge in [0.15, 0.2) is 0 Å². The summed E-state index contributed by atoms with van der Waals surface area (Å²) in [5.74, 6) is 0.588. The summed E-state index contributed by atoms with van der Waals surface area (Å²) < 4.78 is 20.2. The van der Waals surface area contributed by atoms with Crippen molar-refractivity contribution in [1.82, 2.24) is 0 Å². The van der Waals surface area contributed by atoms with Gasteiger partial charge in [-0.25, -0.2) is 4.79 Å². The molecule has 0 N–H and O–H groups in total. The molecule has 0 saturated carbocycles. The number of benzene rings is 3. The Balaban J connectivity index is 2.01. The maximum absolute atomic E-state index is 11.2. The van der Waals surface area contributed by atoms with Gasteiger partial charge in [-0.1, -0.05) is 48.5 Å². The van der Waals surface area contributed by atoms with Crippen LogP contribution in [0.25, 0.3) is 21.5 Å². The molecule has 0 heterocycles. The molecule has 5 nitrogen and oxygen atoms in total. The van der Waals surface area contributed by atoms with Crippen molar-refractivity contribution < 1.29 is 23.1 Å². The zero-order chi connectivity index (χ0) is 16.2. The van der Waals surface area contributed by atoms with Gasteiger partial charge in [-0.05, 0) is 22.2 Å². The number of rotatable bonds is 4. The van der Waals surface area contributed by atoms with Crippen molar-refractivity contribution in [3.05, 3.63) is 54.6 Å². The first-order valence-corrected chi connectivity index (χ1v) is 8.01. The van der Waals surface area contributed by atoms with Crippen LogP contribution in [0.2, 0.25) is 0 Å². The van der Waals surface area contributed by atoms with E-state index >= 15 is 0 Å². The molecule has 0 aromatic heterocycles. The first kappa shape index (κ1) is 15.5. The van der Waals surface area contributed by atoms with Gasteiger partial charge in [-0.2, -0.15) is 0 Å². The highest BCUT2D eigenvalue weighted by atomic mass is 31.2. The van der Waals surface area contributed by atoms with E-state index < -0.39 is 14.8 Å². The van der Waals surface area contributed by atoms with Crippen LogP contribution in [0.5, 0.6) is 5.75 Å². The first-order valence-electron chi connectivity index (χ1n) is 6.91. The van der Waals surface area contributed by atoms with E-state index in [4.69, 9.17) is 13.6 Å². The molecule has 1 unspecified atom stereocenters. The third-order valence-corrected chi connectivity index (χ3v) is 4.33. The molecule has 118 valence electrons. The number of ether oxygens (including phenoxy) is 1. The highest BCUT2D eigenvalue weighted by Crippen LogP contribution is 2.43. The summed E-state index contributed by atoms with van der Waals surface area (Å²) in [6, 6.07) is 17.9. The Kier molecular flexibility index (Phi) is 4.60. The van der Waals surface area contributed by atoms with E-state index in [1.54, 1.807) is 0 Å². The van der Waals surface area contributed by atoms with Crippen LogP contribution in [0, 0.1) is 0 Å². The quantitative estimate of drug-likeness (QED) is 0.381. The van der Waals surface area contributed by atoms with E-state index in [1.807, 2.05) is 42.5 Å². The number of methoxy groups -OCH3 is 1. The van der Waals surface area contributed by atoms with E-state index in [2.05, 4.69) is 16.9 Å².